The summed E-state index contributed by atoms with van der Waals surface area (Å²) in [5, 5.41) is 20.7. The lowest BCUT2D eigenvalue weighted by Gasteiger charge is -2.21. The van der Waals surface area contributed by atoms with Gasteiger partial charge in [0.1, 0.15) is 0 Å². The molecule has 120 valence electrons. The fraction of sp³-hybridized carbons (Fsp3) is 0.188. The summed E-state index contributed by atoms with van der Waals surface area (Å²) in [6.45, 7) is 0. The first-order valence-corrected chi connectivity index (χ1v) is 7.63. The zero-order valence-corrected chi connectivity index (χ0v) is 13.1. The van der Waals surface area contributed by atoms with Crippen LogP contribution in [0.15, 0.2) is 59.5 Å². The molecular formula is C16H15NO5S. The third-order valence-electron chi connectivity index (χ3n) is 3.17. The number of hydrogen-bond acceptors (Lipinski definition) is 6. The number of para-hydroxylation sites is 1. The molecule has 2 rings (SSSR count). The minimum absolute atomic E-state index is 0.0736. The van der Waals surface area contributed by atoms with Crippen molar-refractivity contribution in [3.8, 4) is 0 Å². The summed E-state index contributed by atoms with van der Waals surface area (Å²) >= 11 is 1.06. The lowest BCUT2D eigenvalue weighted by Crippen LogP contribution is -2.27. The molecule has 0 saturated carbocycles. The largest absolute Gasteiger partial charge is 0.467 e. The summed E-state index contributed by atoms with van der Waals surface area (Å²) < 4.78 is 4.59. The Morgan fingerprint density at radius 3 is 2.39 bits per heavy atom. The molecule has 1 unspecified atom stereocenters. The van der Waals surface area contributed by atoms with Crippen LogP contribution in [0.1, 0.15) is 10.8 Å². The molecule has 0 aliphatic carbocycles. The molecule has 0 saturated heterocycles. The van der Waals surface area contributed by atoms with Crippen LogP contribution in [0.3, 0.4) is 0 Å². The molecule has 1 N–H and O–H groups in total. The molecule has 6 nitrogen and oxygen atoms in total. The normalized spacial score (nSPS) is 13.1. The van der Waals surface area contributed by atoms with E-state index in [1.165, 1.54) is 13.2 Å². The second-order valence-corrected chi connectivity index (χ2v) is 5.83. The average molecular weight is 333 g/mol. The Kier molecular flexibility index (Phi) is 5.72. The van der Waals surface area contributed by atoms with Gasteiger partial charge in [0.05, 0.1) is 22.2 Å². The molecule has 2 aromatic carbocycles. The number of methoxy groups -OCH3 is 1. The van der Waals surface area contributed by atoms with Gasteiger partial charge in [0.15, 0.2) is 6.10 Å². The van der Waals surface area contributed by atoms with E-state index in [-0.39, 0.29) is 5.69 Å². The van der Waals surface area contributed by atoms with Crippen LogP contribution < -0.4 is 0 Å². The van der Waals surface area contributed by atoms with E-state index in [2.05, 4.69) is 4.74 Å². The number of aliphatic hydroxyl groups is 1. The fourth-order valence-electron chi connectivity index (χ4n) is 2.05. The van der Waals surface area contributed by atoms with Crippen LogP contribution in [0.5, 0.6) is 0 Å². The van der Waals surface area contributed by atoms with Gasteiger partial charge in [-0.2, -0.15) is 0 Å². The molecule has 0 heterocycles. The summed E-state index contributed by atoms with van der Waals surface area (Å²) in [7, 11) is 1.18. The SMILES string of the molecule is COC(=O)C(O)[C@@H](Sc1ccccc1[N+](=O)[O-])c1ccccc1. The molecule has 0 bridgehead atoms. The predicted octanol–water partition coefficient (Wildman–Crippen LogP) is 2.96. The van der Waals surface area contributed by atoms with Crippen LogP contribution in [0, 0.1) is 10.1 Å². The highest BCUT2D eigenvalue weighted by Gasteiger charge is 2.31. The maximum Gasteiger partial charge on any atom is 0.336 e. The van der Waals surface area contributed by atoms with Crippen molar-refractivity contribution >= 4 is 23.4 Å². The standard InChI is InChI=1S/C16H15NO5S/c1-22-16(19)14(18)15(11-7-3-2-4-8-11)23-13-10-6-5-9-12(13)17(20)21/h2-10,14-15,18H,1H3/t14?,15-/m0/s1. The number of hydrogen-bond donors (Lipinski definition) is 1. The lowest BCUT2D eigenvalue weighted by atomic mass is 10.1. The number of benzene rings is 2. The number of rotatable bonds is 6. The predicted molar refractivity (Wildman–Crippen MR) is 86.2 cm³/mol. The zero-order valence-electron chi connectivity index (χ0n) is 12.3. The third-order valence-corrected chi connectivity index (χ3v) is 4.56. The average Bonchev–Trinajstić information content (AvgIpc) is 2.59. The van der Waals surface area contributed by atoms with E-state index in [4.69, 9.17) is 0 Å². The van der Waals surface area contributed by atoms with Gasteiger partial charge in [-0.1, -0.05) is 42.5 Å². The minimum Gasteiger partial charge on any atom is -0.467 e. The minimum atomic E-state index is -1.44. The van der Waals surface area contributed by atoms with Gasteiger partial charge in [-0.3, -0.25) is 10.1 Å². The van der Waals surface area contributed by atoms with Gasteiger partial charge < -0.3 is 9.84 Å². The van der Waals surface area contributed by atoms with Crippen LogP contribution in [-0.2, 0) is 9.53 Å². The number of carbonyl (C=O) groups is 1. The van der Waals surface area contributed by atoms with Crippen LogP contribution in [0.4, 0.5) is 5.69 Å². The van der Waals surface area contributed by atoms with E-state index in [0.717, 1.165) is 11.8 Å². The number of carbonyl (C=O) groups excluding carboxylic acids is 1. The van der Waals surface area contributed by atoms with Gasteiger partial charge in [0.2, 0.25) is 0 Å². The first kappa shape index (κ1) is 17.0. The Bertz CT molecular complexity index is 692. The van der Waals surface area contributed by atoms with Crippen molar-refractivity contribution in [3.63, 3.8) is 0 Å². The molecule has 0 aromatic heterocycles. The molecule has 0 aliphatic rings. The quantitative estimate of drug-likeness (QED) is 0.378. The highest BCUT2D eigenvalue weighted by atomic mass is 32.2. The van der Waals surface area contributed by atoms with E-state index in [9.17, 15) is 20.0 Å². The third kappa shape index (κ3) is 4.08. The molecule has 2 atom stereocenters. The van der Waals surface area contributed by atoms with Crippen molar-refractivity contribution in [1.29, 1.82) is 0 Å². The number of aliphatic hydroxyl groups excluding tert-OH is 1. The molecule has 0 fully saturated rings. The van der Waals surface area contributed by atoms with Gasteiger partial charge in [0, 0.05) is 6.07 Å². The van der Waals surface area contributed by atoms with Crippen LogP contribution in [0.2, 0.25) is 0 Å². The van der Waals surface area contributed by atoms with E-state index in [0.29, 0.717) is 10.5 Å². The van der Waals surface area contributed by atoms with Crippen molar-refractivity contribution in [3.05, 3.63) is 70.3 Å². The first-order chi connectivity index (χ1) is 11.0. The lowest BCUT2D eigenvalue weighted by molar-refractivity contribution is -0.387. The zero-order chi connectivity index (χ0) is 16.8. The molecule has 0 amide bonds. The van der Waals surface area contributed by atoms with Crippen LogP contribution in [0.25, 0.3) is 0 Å². The Morgan fingerprint density at radius 1 is 1.17 bits per heavy atom. The van der Waals surface area contributed by atoms with Crippen LogP contribution in [-0.4, -0.2) is 29.2 Å². The molecular weight excluding hydrogens is 318 g/mol. The summed E-state index contributed by atoms with van der Waals surface area (Å²) in [4.78, 5) is 22.7. The molecule has 7 heteroatoms. The molecule has 2 aromatic rings. The van der Waals surface area contributed by atoms with Gasteiger partial charge in [-0.15, -0.1) is 11.8 Å². The van der Waals surface area contributed by atoms with Crippen molar-refractivity contribution in [2.24, 2.45) is 0 Å². The Balaban J connectivity index is 2.40. The highest BCUT2D eigenvalue weighted by Crippen LogP contribution is 2.41. The maximum atomic E-state index is 11.7. The van der Waals surface area contributed by atoms with Gasteiger partial charge in [0.25, 0.3) is 5.69 Å². The monoisotopic (exact) mass is 333 g/mol. The summed E-state index contributed by atoms with van der Waals surface area (Å²) in [5.41, 5.74) is 0.601. The van der Waals surface area contributed by atoms with Crippen molar-refractivity contribution in [1.82, 2.24) is 0 Å². The van der Waals surface area contributed by atoms with Crippen molar-refractivity contribution < 1.29 is 19.6 Å². The van der Waals surface area contributed by atoms with Crippen LogP contribution >= 0.6 is 11.8 Å². The Hall–Kier alpha value is -2.38. The Labute approximate surface area is 137 Å². The van der Waals surface area contributed by atoms with Gasteiger partial charge in [-0.05, 0) is 11.6 Å². The van der Waals surface area contributed by atoms with E-state index in [1.807, 2.05) is 0 Å². The summed E-state index contributed by atoms with van der Waals surface area (Å²) in [5.74, 6) is -0.787. The molecule has 0 spiro atoms. The Morgan fingerprint density at radius 2 is 1.78 bits per heavy atom. The maximum absolute atomic E-state index is 11.7. The van der Waals surface area contributed by atoms with E-state index >= 15 is 0 Å². The first-order valence-electron chi connectivity index (χ1n) is 6.75. The number of esters is 1. The van der Waals surface area contributed by atoms with E-state index in [1.54, 1.807) is 48.5 Å². The number of thioether (sulfide) groups is 1. The topological polar surface area (TPSA) is 89.7 Å². The summed E-state index contributed by atoms with van der Waals surface area (Å²) in [6, 6.07) is 15.0. The molecule has 0 aliphatic heterocycles. The summed E-state index contributed by atoms with van der Waals surface area (Å²) in [6.07, 6.45) is -1.44. The highest BCUT2D eigenvalue weighted by molar-refractivity contribution is 7.99. The van der Waals surface area contributed by atoms with Gasteiger partial charge >= 0.3 is 5.97 Å². The number of nitrogens with zero attached hydrogens (tertiary/aromatic N) is 1. The molecule has 23 heavy (non-hydrogen) atoms. The number of nitro groups is 1. The fourth-order valence-corrected chi connectivity index (χ4v) is 3.27. The van der Waals surface area contributed by atoms with E-state index < -0.39 is 22.2 Å². The second kappa shape index (κ2) is 7.75. The molecule has 0 radical (unpaired) electrons. The van der Waals surface area contributed by atoms with Crippen molar-refractivity contribution in [2.45, 2.75) is 16.2 Å². The van der Waals surface area contributed by atoms with Crippen molar-refractivity contribution in [2.75, 3.05) is 7.11 Å². The number of nitro benzene ring substituents is 1. The number of ether oxygens (including phenoxy) is 1. The van der Waals surface area contributed by atoms with Gasteiger partial charge in [-0.25, -0.2) is 4.79 Å². The second-order valence-electron chi connectivity index (χ2n) is 4.64. The smallest absolute Gasteiger partial charge is 0.336 e.